The number of aromatic nitrogens is 3. The van der Waals surface area contributed by atoms with Crippen LogP contribution in [0.3, 0.4) is 0 Å². The highest BCUT2D eigenvalue weighted by molar-refractivity contribution is 6.10. The Morgan fingerprint density at radius 3 is 2.23 bits per heavy atom. The van der Waals surface area contributed by atoms with E-state index in [1.54, 1.807) is 41.3 Å². The van der Waals surface area contributed by atoms with E-state index >= 15 is 0 Å². The van der Waals surface area contributed by atoms with Crippen LogP contribution in [-0.2, 0) is 20.6 Å². The minimum absolute atomic E-state index is 0.110. The standard InChI is InChI=1S/C37H34N4O6/c1-23-10-14-26(15-11-23)36(43)45-21-30-29(47-37(44)27-16-12-24(2)13-17-27)19-31(46-30)41-20-28-9-6-18-40(33-32(28)34(41)39-22-38-33)35(42)25-7-4-3-5-8-25/h3-5,7-8,10-17,20,22,29-31H,6,9,18-19,21H2,1-2H3/t29-,30+,31-/m0/s1. The Kier molecular flexibility index (Phi) is 8.26. The van der Waals surface area contributed by atoms with Gasteiger partial charge >= 0.3 is 11.9 Å². The number of carbonyl (C=O) groups excluding carboxylic acids is 3. The predicted molar refractivity (Wildman–Crippen MR) is 174 cm³/mol. The summed E-state index contributed by atoms with van der Waals surface area (Å²) in [7, 11) is 0. The fraction of sp³-hybridized carbons (Fsp3) is 0.270. The molecule has 47 heavy (non-hydrogen) atoms. The van der Waals surface area contributed by atoms with E-state index in [1.165, 1.54) is 6.33 Å². The van der Waals surface area contributed by atoms with Crippen molar-refractivity contribution in [3.05, 3.63) is 125 Å². The second kappa shape index (κ2) is 12.8. The smallest absolute Gasteiger partial charge is 0.338 e. The zero-order valence-electron chi connectivity index (χ0n) is 26.2. The van der Waals surface area contributed by atoms with Crippen LogP contribution in [0.2, 0.25) is 0 Å². The minimum Gasteiger partial charge on any atom is -0.459 e. The van der Waals surface area contributed by atoms with Gasteiger partial charge in [0.05, 0.1) is 16.5 Å². The number of anilines is 1. The molecule has 10 nitrogen and oxygen atoms in total. The second-order valence-electron chi connectivity index (χ2n) is 12.0. The van der Waals surface area contributed by atoms with Gasteiger partial charge in [0.25, 0.3) is 5.91 Å². The van der Waals surface area contributed by atoms with Gasteiger partial charge in [-0.05, 0) is 68.7 Å². The number of amides is 1. The zero-order chi connectivity index (χ0) is 32.5. The molecular formula is C37H34N4O6. The molecule has 0 unspecified atom stereocenters. The summed E-state index contributed by atoms with van der Waals surface area (Å²) in [5.74, 6) is -0.542. The lowest BCUT2D eigenvalue weighted by molar-refractivity contribution is -0.0562. The molecule has 0 aliphatic carbocycles. The normalized spacial score (nSPS) is 18.9. The quantitative estimate of drug-likeness (QED) is 0.201. The molecule has 238 valence electrons. The lowest BCUT2D eigenvalue weighted by Crippen LogP contribution is -2.32. The highest BCUT2D eigenvalue weighted by Crippen LogP contribution is 2.39. The maximum Gasteiger partial charge on any atom is 0.338 e. The Hall–Kier alpha value is -5.35. The van der Waals surface area contributed by atoms with E-state index in [-0.39, 0.29) is 12.5 Å². The molecule has 3 atom stereocenters. The van der Waals surface area contributed by atoms with Crippen LogP contribution in [0.15, 0.2) is 91.4 Å². The molecule has 4 heterocycles. The highest BCUT2D eigenvalue weighted by Gasteiger charge is 2.41. The van der Waals surface area contributed by atoms with Crippen LogP contribution < -0.4 is 4.90 Å². The Bertz CT molecular complexity index is 1940. The van der Waals surface area contributed by atoms with Crippen molar-refractivity contribution in [3.8, 4) is 0 Å². The van der Waals surface area contributed by atoms with Crippen molar-refractivity contribution in [3.63, 3.8) is 0 Å². The van der Waals surface area contributed by atoms with Crippen molar-refractivity contribution in [2.75, 3.05) is 18.1 Å². The molecule has 2 aliphatic heterocycles. The SMILES string of the molecule is Cc1ccc(C(=O)OC[C@H]2O[C@H](n3cc4c5c(ncnc53)N(C(=O)c3ccccc3)CCC4)C[C@@H]2OC(=O)c2ccc(C)cc2)cc1. The van der Waals surface area contributed by atoms with Crippen molar-refractivity contribution >= 4 is 34.7 Å². The Balaban J connectivity index is 1.18. The molecule has 0 radical (unpaired) electrons. The maximum atomic E-state index is 13.6. The third-order valence-electron chi connectivity index (χ3n) is 8.72. The summed E-state index contributed by atoms with van der Waals surface area (Å²) < 4.78 is 20.1. The molecular weight excluding hydrogens is 596 g/mol. The lowest BCUT2D eigenvalue weighted by Gasteiger charge is -2.21. The Morgan fingerprint density at radius 2 is 1.53 bits per heavy atom. The van der Waals surface area contributed by atoms with Crippen LogP contribution in [-0.4, -0.2) is 57.7 Å². The van der Waals surface area contributed by atoms with E-state index in [9.17, 15) is 14.4 Å². The monoisotopic (exact) mass is 630 g/mol. The van der Waals surface area contributed by atoms with Gasteiger partial charge in [0.1, 0.15) is 42.8 Å². The molecule has 3 aromatic carbocycles. The topological polar surface area (TPSA) is 113 Å². The highest BCUT2D eigenvalue weighted by atomic mass is 16.6. The van der Waals surface area contributed by atoms with Crippen LogP contribution in [0.1, 0.15) is 66.8 Å². The van der Waals surface area contributed by atoms with Crippen molar-refractivity contribution in [2.45, 2.75) is 51.5 Å². The van der Waals surface area contributed by atoms with E-state index < -0.39 is 30.4 Å². The van der Waals surface area contributed by atoms with Crippen LogP contribution in [0.4, 0.5) is 5.82 Å². The summed E-state index contributed by atoms with van der Waals surface area (Å²) in [5.41, 5.74) is 5.11. The van der Waals surface area contributed by atoms with Crippen molar-refractivity contribution in [1.82, 2.24) is 14.5 Å². The number of carbonyl (C=O) groups is 3. The van der Waals surface area contributed by atoms with Crippen LogP contribution >= 0.6 is 0 Å². The van der Waals surface area contributed by atoms with Crippen molar-refractivity contribution < 1.29 is 28.6 Å². The maximum absolute atomic E-state index is 13.6. The summed E-state index contributed by atoms with van der Waals surface area (Å²) in [4.78, 5) is 50.6. The molecule has 1 amide bonds. The average molecular weight is 631 g/mol. The second-order valence-corrected chi connectivity index (χ2v) is 12.0. The number of aryl methyl sites for hydroxylation is 3. The fourth-order valence-corrected chi connectivity index (χ4v) is 6.20. The van der Waals surface area contributed by atoms with Crippen molar-refractivity contribution in [2.24, 2.45) is 0 Å². The van der Waals surface area contributed by atoms with Gasteiger partial charge in [0.2, 0.25) is 0 Å². The lowest BCUT2D eigenvalue weighted by atomic mass is 10.1. The van der Waals surface area contributed by atoms with Gasteiger partial charge in [-0.25, -0.2) is 19.6 Å². The first-order valence-electron chi connectivity index (χ1n) is 15.7. The minimum atomic E-state index is -0.727. The summed E-state index contributed by atoms with van der Waals surface area (Å²) >= 11 is 0. The Morgan fingerprint density at radius 1 is 0.851 bits per heavy atom. The van der Waals surface area contributed by atoms with Gasteiger partial charge in [-0.3, -0.25) is 9.69 Å². The molecule has 10 heteroatoms. The number of hydrogen-bond acceptors (Lipinski definition) is 8. The van der Waals surface area contributed by atoms with Gasteiger partial charge in [0, 0.05) is 24.7 Å². The molecule has 0 spiro atoms. The van der Waals surface area contributed by atoms with E-state index in [4.69, 9.17) is 14.2 Å². The fourth-order valence-electron chi connectivity index (χ4n) is 6.20. The molecule has 5 aromatic rings. The van der Waals surface area contributed by atoms with E-state index in [0.717, 1.165) is 34.9 Å². The molecule has 2 aliphatic rings. The molecule has 1 saturated heterocycles. The van der Waals surface area contributed by atoms with Gasteiger partial charge in [0.15, 0.2) is 0 Å². The van der Waals surface area contributed by atoms with Crippen LogP contribution in [0, 0.1) is 13.8 Å². The molecule has 2 aromatic heterocycles. The van der Waals surface area contributed by atoms with E-state index in [1.807, 2.05) is 67.1 Å². The van der Waals surface area contributed by atoms with Crippen LogP contribution in [0.5, 0.6) is 0 Å². The van der Waals surface area contributed by atoms with Gasteiger partial charge < -0.3 is 18.8 Å². The zero-order valence-corrected chi connectivity index (χ0v) is 26.2. The van der Waals surface area contributed by atoms with Crippen LogP contribution in [0.25, 0.3) is 11.0 Å². The third-order valence-corrected chi connectivity index (χ3v) is 8.72. The number of benzene rings is 3. The number of esters is 2. The number of nitrogens with zero attached hydrogens (tertiary/aromatic N) is 4. The summed E-state index contributed by atoms with van der Waals surface area (Å²) in [6.45, 7) is 4.31. The molecule has 0 bridgehead atoms. The number of ether oxygens (including phenoxy) is 3. The van der Waals surface area contributed by atoms with Crippen molar-refractivity contribution in [1.29, 1.82) is 0 Å². The first-order chi connectivity index (χ1) is 22.9. The average Bonchev–Trinajstić information content (AvgIpc) is 3.61. The van der Waals surface area contributed by atoms with Gasteiger partial charge in [-0.2, -0.15) is 0 Å². The predicted octanol–water partition coefficient (Wildman–Crippen LogP) is 6.01. The largest absolute Gasteiger partial charge is 0.459 e. The first kappa shape index (κ1) is 30.3. The van der Waals surface area contributed by atoms with Gasteiger partial charge in [-0.15, -0.1) is 0 Å². The molecule has 7 rings (SSSR count). The molecule has 0 N–H and O–H groups in total. The molecule has 0 saturated carbocycles. The summed E-state index contributed by atoms with van der Waals surface area (Å²) in [5, 5.41) is 0.792. The van der Waals surface area contributed by atoms with E-state index in [0.29, 0.717) is 41.1 Å². The van der Waals surface area contributed by atoms with Gasteiger partial charge in [-0.1, -0.05) is 53.6 Å². The number of rotatable bonds is 7. The third kappa shape index (κ3) is 6.12. The summed E-state index contributed by atoms with van der Waals surface area (Å²) in [6, 6.07) is 23.4. The van der Waals surface area contributed by atoms with E-state index in [2.05, 4.69) is 9.97 Å². The number of hydrogen-bond donors (Lipinski definition) is 0. The Labute approximate surface area is 271 Å². The molecule has 1 fully saturated rings. The summed E-state index contributed by atoms with van der Waals surface area (Å²) in [6.07, 6.45) is 3.21. The first-order valence-corrected chi connectivity index (χ1v) is 15.7.